The van der Waals surface area contributed by atoms with Crippen LogP contribution in [0, 0.1) is 0 Å². The van der Waals surface area contributed by atoms with Crippen molar-refractivity contribution in [1.29, 1.82) is 0 Å². The number of fused-ring (bicyclic) bond motifs is 4. The summed E-state index contributed by atoms with van der Waals surface area (Å²) in [7, 11) is 8.52. The minimum atomic E-state index is 0.241. The SMILES string of the molecule is CC(C)N1CC2CC1CN2C.CC(C)N1CCCC1.CC(C)N1CCCCC1.CC(C)N1CCCCCC1.CC(C)N1CCCN(C)CC1.CC(C)N1CCCc2ccccc21.CC(C)N1CCN(C)C(=O)C1.CC(C)N1CCN(C)CC1.CC(C)N1CCOCC1.CC(C)N1CCc2ccccc2C1. The molecule has 0 radical (unpaired) electrons. The number of aryl methyl sites for hydroxylation is 1. The van der Waals surface area contributed by atoms with Gasteiger partial charge in [-0.25, -0.2) is 0 Å². The highest BCUT2D eigenvalue weighted by Gasteiger charge is 2.42. The van der Waals surface area contributed by atoms with Gasteiger partial charge in [0.25, 0.3) is 0 Å². The number of nitrogens with zero attached hydrogens (tertiary/aromatic N) is 14. The Labute approximate surface area is 650 Å². The first kappa shape index (κ1) is 94.6. The van der Waals surface area contributed by atoms with E-state index in [1.165, 1.54) is 225 Å². The van der Waals surface area contributed by atoms with Gasteiger partial charge in [-0.15, -0.1) is 0 Å². The number of benzene rings is 2. The normalized spacial score (nSPS) is 23.2. The van der Waals surface area contributed by atoms with Crippen LogP contribution in [-0.2, 0) is 28.9 Å². The lowest BCUT2D eigenvalue weighted by molar-refractivity contribution is -0.135. The maximum Gasteiger partial charge on any atom is 0.236 e. The quantitative estimate of drug-likeness (QED) is 0.227. The summed E-state index contributed by atoms with van der Waals surface area (Å²) >= 11 is 0. The molecule has 610 valence electrons. The summed E-state index contributed by atoms with van der Waals surface area (Å²) in [6, 6.07) is 26.3. The Balaban J connectivity index is 0.000000248. The molecule has 9 fully saturated rings. The van der Waals surface area contributed by atoms with Crippen LogP contribution in [0.1, 0.15) is 232 Å². The number of likely N-dealkylation sites (N-methyl/N-ethyl adjacent to an activating group) is 4. The third kappa shape index (κ3) is 36.9. The fourth-order valence-corrected chi connectivity index (χ4v) is 16.1. The van der Waals surface area contributed by atoms with Crippen molar-refractivity contribution in [3.8, 4) is 0 Å². The van der Waals surface area contributed by atoms with Gasteiger partial charge in [-0.1, -0.05) is 61.7 Å². The van der Waals surface area contributed by atoms with Gasteiger partial charge in [-0.3, -0.25) is 34.2 Å². The molecule has 9 saturated heterocycles. The third-order valence-corrected chi connectivity index (χ3v) is 24.0. The van der Waals surface area contributed by atoms with Crippen molar-refractivity contribution >= 4 is 11.6 Å². The molecule has 2 aromatic rings. The molecule has 0 aromatic heterocycles. The van der Waals surface area contributed by atoms with E-state index in [-0.39, 0.29) is 5.91 Å². The van der Waals surface area contributed by atoms with E-state index in [0.717, 1.165) is 94.3 Å². The molecular weight excluding hydrogens is 1300 g/mol. The number of morpholine rings is 1. The molecule has 0 N–H and O–H groups in total. The Hall–Kier alpha value is -2.81. The predicted molar refractivity (Wildman–Crippen MR) is 456 cm³/mol. The molecule has 16 heteroatoms. The monoisotopic (exact) mass is 1470 g/mol. The summed E-state index contributed by atoms with van der Waals surface area (Å²) in [4.78, 5) is 45.4. The van der Waals surface area contributed by atoms with Crippen molar-refractivity contribution in [3.63, 3.8) is 0 Å². The number of ether oxygens (including phenoxy) is 1. The van der Waals surface area contributed by atoms with Crippen LogP contribution in [0.5, 0.6) is 0 Å². The number of anilines is 1. The second-order valence-corrected chi connectivity index (χ2v) is 35.3. The van der Waals surface area contributed by atoms with E-state index >= 15 is 0 Å². The molecular formula is C89H172N14O2. The molecule has 2 aromatic carbocycles. The molecule has 105 heavy (non-hydrogen) atoms. The van der Waals surface area contributed by atoms with Gasteiger partial charge in [0.15, 0.2) is 0 Å². The second-order valence-electron chi connectivity index (χ2n) is 35.3. The molecule has 0 saturated carbocycles. The smallest absolute Gasteiger partial charge is 0.236 e. The molecule has 11 heterocycles. The molecule has 0 aliphatic carbocycles. The topological polar surface area (TPSA) is 71.7 Å². The minimum absolute atomic E-state index is 0.241. The van der Waals surface area contributed by atoms with Crippen molar-refractivity contribution in [2.75, 3.05) is 197 Å². The van der Waals surface area contributed by atoms with Gasteiger partial charge in [0.05, 0.1) is 19.8 Å². The van der Waals surface area contributed by atoms with E-state index in [1.54, 1.807) is 10.5 Å². The first-order valence-electron chi connectivity index (χ1n) is 43.5. The number of amides is 1. The van der Waals surface area contributed by atoms with Crippen LogP contribution in [0.15, 0.2) is 48.5 Å². The Morgan fingerprint density at radius 1 is 0.314 bits per heavy atom. The summed E-state index contributed by atoms with van der Waals surface area (Å²) in [5, 5.41) is 0. The zero-order valence-electron chi connectivity index (χ0n) is 73.4. The van der Waals surface area contributed by atoms with Crippen LogP contribution >= 0.6 is 0 Å². The van der Waals surface area contributed by atoms with Crippen LogP contribution < -0.4 is 4.90 Å². The molecule has 1 amide bonds. The fraction of sp³-hybridized carbons (Fsp3) is 0.854. The van der Waals surface area contributed by atoms with Crippen molar-refractivity contribution in [2.45, 2.75) is 307 Å². The van der Waals surface area contributed by atoms with Crippen molar-refractivity contribution < 1.29 is 9.53 Å². The zero-order chi connectivity index (χ0) is 77.5. The van der Waals surface area contributed by atoms with Crippen molar-refractivity contribution in [1.82, 2.24) is 63.7 Å². The Morgan fingerprint density at radius 2 is 0.705 bits per heavy atom. The summed E-state index contributed by atoms with van der Waals surface area (Å²) in [6.45, 7) is 75.9. The third-order valence-electron chi connectivity index (χ3n) is 24.0. The Morgan fingerprint density at radius 3 is 1.13 bits per heavy atom. The van der Waals surface area contributed by atoms with Crippen LogP contribution in [0.4, 0.5) is 5.69 Å². The van der Waals surface area contributed by atoms with E-state index < -0.39 is 0 Å². The molecule has 2 atom stereocenters. The number of carbonyl (C=O) groups excluding carboxylic acids is 1. The number of hydrogen-bond acceptors (Lipinski definition) is 15. The van der Waals surface area contributed by atoms with Crippen LogP contribution in [0.2, 0.25) is 0 Å². The molecule has 2 unspecified atom stereocenters. The highest BCUT2D eigenvalue weighted by molar-refractivity contribution is 5.78. The van der Waals surface area contributed by atoms with Gasteiger partial charge in [0, 0.05) is 183 Å². The average Bonchev–Trinajstić information content (AvgIpc) is 1.73. The summed E-state index contributed by atoms with van der Waals surface area (Å²) in [5.41, 5.74) is 6.02. The van der Waals surface area contributed by atoms with Gasteiger partial charge in [-0.05, 0) is 305 Å². The minimum Gasteiger partial charge on any atom is -0.379 e. The predicted octanol–water partition coefficient (Wildman–Crippen LogP) is 14.3. The summed E-state index contributed by atoms with van der Waals surface area (Å²) in [6.07, 6.45) is 19.3. The van der Waals surface area contributed by atoms with E-state index in [1.807, 2.05) is 7.05 Å². The molecule has 11 aliphatic heterocycles. The number of piperidine rings is 1. The van der Waals surface area contributed by atoms with Crippen molar-refractivity contribution in [2.24, 2.45) is 0 Å². The molecule has 2 bridgehead atoms. The van der Waals surface area contributed by atoms with E-state index in [0.29, 0.717) is 30.7 Å². The number of carbonyl (C=O) groups is 1. The largest absolute Gasteiger partial charge is 0.379 e. The number of para-hydroxylation sites is 1. The fourth-order valence-electron chi connectivity index (χ4n) is 16.1. The number of likely N-dealkylation sites (tertiary alicyclic amines) is 5. The highest BCUT2D eigenvalue weighted by Crippen LogP contribution is 2.31. The van der Waals surface area contributed by atoms with E-state index in [2.05, 4.69) is 272 Å². The maximum absolute atomic E-state index is 11.2. The van der Waals surface area contributed by atoms with Gasteiger partial charge >= 0.3 is 0 Å². The maximum atomic E-state index is 11.2. The lowest BCUT2D eigenvalue weighted by Crippen LogP contribution is -2.50. The first-order chi connectivity index (χ1) is 50.0. The first-order valence-corrected chi connectivity index (χ1v) is 43.5. The lowest BCUT2D eigenvalue weighted by atomic mass is 9.99. The number of rotatable bonds is 10. The van der Waals surface area contributed by atoms with Gasteiger partial charge in [0.1, 0.15) is 0 Å². The van der Waals surface area contributed by atoms with E-state index in [9.17, 15) is 4.79 Å². The second kappa shape index (κ2) is 52.4. The highest BCUT2D eigenvalue weighted by atomic mass is 16.5. The van der Waals surface area contributed by atoms with Gasteiger partial charge in [0.2, 0.25) is 5.91 Å². The van der Waals surface area contributed by atoms with Gasteiger partial charge in [-0.2, -0.15) is 0 Å². The van der Waals surface area contributed by atoms with Crippen molar-refractivity contribution in [3.05, 3.63) is 65.2 Å². The van der Waals surface area contributed by atoms with Crippen LogP contribution in [0.25, 0.3) is 0 Å². The summed E-state index contributed by atoms with van der Waals surface area (Å²) in [5.74, 6) is 0.241. The Kier molecular flexibility index (Phi) is 47.2. The molecule has 0 spiro atoms. The van der Waals surface area contributed by atoms with E-state index in [4.69, 9.17) is 4.74 Å². The van der Waals surface area contributed by atoms with Crippen LogP contribution in [-0.4, -0.2) is 334 Å². The summed E-state index contributed by atoms with van der Waals surface area (Å²) < 4.78 is 5.21. The number of piperazine rings is 3. The average molecular weight is 1470 g/mol. The number of hydrogen-bond donors (Lipinski definition) is 0. The standard InChI is InChI=1S/2C12H17N.C9H18N2.C9H20N2.C9H19N.C8H16N2O.C8H18N2.C8H17N.C7H15NO.C7H15N/c1-10(2)13-9-5-7-11-6-3-4-8-12(11)13;1-10(2)13-8-7-11-5-3-4-6-12(11)9-13;1-7(2)11-6-8-4-9(11)5-10(8)3;1-9(2)11-6-4-5-10(3)7-8-11;1-9(2)10-7-5-3-4-6-8-10;1-7(2)10-5-4-9(3)8(11)6-10;1-8(2)10-6-4-9(3)5-7-10;1-8(2)9-6-4-3-5-7-9;1-7(2)8-3-5-9-6-4-8;1-7(2)8-5-3-4-6-8/h3-4,6,8,10H,5,7,9H2,1-2H3;3-6,10H,7-9H2,1-2H3;7-9H,4-6H2,1-3H3;9H,4-8H2,1-3H3;9H,3-8H2,1-2H3;7H,4-6H2,1-3H3;8H,4-7H2,1-3H3;8H,3-7H2,1-2H3;7H,3-6H2,1-2H3;7H,3-6H2,1-2H3. The molecule has 13 rings (SSSR count). The molecule has 16 nitrogen and oxygen atoms in total. The molecule has 11 aliphatic rings. The van der Waals surface area contributed by atoms with Gasteiger partial charge < -0.3 is 43.9 Å². The zero-order valence-corrected chi connectivity index (χ0v) is 73.4. The Bertz CT molecular complexity index is 2450. The van der Waals surface area contributed by atoms with Crippen LogP contribution in [0.3, 0.4) is 0 Å². The lowest BCUT2D eigenvalue weighted by Gasteiger charge is -2.34.